The minimum Gasteiger partial charge on any atom is -0.356 e. The lowest BCUT2D eigenvalue weighted by atomic mass is 10.1. The summed E-state index contributed by atoms with van der Waals surface area (Å²) in [7, 11) is 0. The van der Waals surface area contributed by atoms with E-state index in [1.54, 1.807) is 18.5 Å². The van der Waals surface area contributed by atoms with Gasteiger partial charge in [-0.15, -0.1) is 0 Å². The fraction of sp³-hybridized carbons (Fsp3) is 0.357. The highest BCUT2D eigenvalue weighted by molar-refractivity contribution is 6.29. The summed E-state index contributed by atoms with van der Waals surface area (Å²) >= 11 is 5.81. The van der Waals surface area contributed by atoms with E-state index in [-0.39, 0.29) is 5.95 Å². The van der Waals surface area contributed by atoms with Crippen LogP contribution < -0.4 is 4.90 Å². The van der Waals surface area contributed by atoms with Gasteiger partial charge in [-0.1, -0.05) is 17.7 Å². The molecule has 0 aromatic carbocycles. The molecule has 2 aromatic rings. The van der Waals surface area contributed by atoms with Gasteiger partial charge in [0.05, 0.1) is 0 Å². The molecular formula is C14H14ClN7. The predicted octanol–water partition coefficient (Wildman–Crippen LogP) is 3.66. The van der Waals surface area contributed by atoms with E-state index >= 15 is 0 Å². The Morgan fingerprint density at radius 3 is 2.73 bits per heavy atom. The number of anilines is 1. The summed E-state index contributed by atoms with van der Waals surface area (Å²) in [6.07, 6.45) is 6.41. The maximum Gasteiger partial charge on any atom is 0.218 e. The first-order valence-corrected chi connectivity index (χ1v) is 7.40. The Morgan fingerprint density at radius 1 is 1.23 bits per heavy atom. The first-order valence-electron chi connectivity index (χ1n) is 7.02. The van der Waals surface area contributed by atoms with E-state index in [1.807, 2.05) is 6.07 Å². The maximum absolute atomic E-state index is 8.55. The highest BCUT2D eigenvalue weighted by Gasteiger charge is 2.18. The number of aromatic nitrogens is 3. The topological polar surface area (TPSA) is 90.7 Å². The molecule has 8 heteroatoms. The zero-order valence-corrected chi connectivity index (χ0v) is 12.6. The van der Waals surface area contributed by atoms with Gasteiger partial charge in [0.15, 0.2) is 0 Å². The number of pyridine rings is 1. The highest BCUT2D eigenvalue weighted by atomic mass is 35.5. The Bertz CT molecular complexity index is 704. The van der Waals surface area contributed by atoms with Crippen molar-refractivity contribution in [2.24, 2.45) is 5.11 Å². The van der Waals surface area contributed by atoms with Crippen LogP contribution in [0, 0.1) is 0 Å². The Balaban J connectivity index is 1.94. The third-order valence-corrected chi connectivity index (χ3v) is 3.78. The van der Waals surface area contributed by atoms with E-state index in [1.165, 1.54) is 0 Å². The molecule has 3 rings (SSSR count). The van der Waals surface area contributed by atoms with Crippen LogP contribution in [0.4, 0.5) is 11.8 Å². The van der Waals surface area contributed by atoms with Gasteiger partial charge in [0.25, 0.3) is 0 Å². The van der Waals surface area contributed by atoms with Crippen molar-refractivity contribution in [2.75, 3.05) is 18.0 Å². The molecule has 0 saturated carbocycles. The van der Waals surface area contributed by atoms with E-state index in [9.17, 15) is 0 Å². The van der Waals surface area contributed by atoms with Crippen LogP contribution in [0.5, 0.6) is 0 Å². The number of halogens is 1. The summed E-state index contributed by atoms with van der Waals surface area (Å²) in [6.45, 7) is 1.91. The van der Waals surface area contributed by atoms with Crippen LogP contribution >= 0.6 is 11.6 Å². The van der Waals surface area contributed by atoms with Gasteiger partial charge in [-0.25, -0.2) is 15.0 Å². The van der Waals surface area contributed by atoms with Crippen molar-refractivity contribution in [2.45, 2.75) is 19.3 Å². The van der Waals surface area contributed by atoms with E-state index in [0.29, 0.717) is 11.6 Å². The third-order valence-electron chi connectivity index (χ3n) is 3.55. The van der Waals surface area contributed by atoms with Crippen LogP contribution in [0.2, 0.25) is 5.15 Å². The van der Waals surface area contributed by atoms with E-state index in [2.05, 4.69) is 29.9 Å². The Hall–Kier alpha value is -2.37. The molecule has 0 bridgehead atoms. The molecule has 0 aliphatic carbocycles. The van der Waals surface area contributed by atoms with Crippen molar-refractivity contribution in [1.82, 2.24) is 15.0 Å². The molecule has 22 heavy (non-hydrogen) atoms. The molecule has 3 heterocycles. The van der Waals surface area contributed by atoms with Crippen LogP contribution in [0.1, 0.15) is 24.0 Å². The van der Waals surface area contributed by atoms with E-state index in [0.717, 1.165) is 42.9 Å². The van der Waals surface area contributed by atoms with E-state index in [4.69, 9.17) is 17.1 Å². The monoisotopic (exact) mass is 315 g/mol. The summed E-state index contributed by atoms with van der Waals surface area (Å²) in [4.78, 5) is 17.6. The summed E-state index contributed by atoms with van der Waals surface area (Å²) in [5, 5.41) is 3.97. The Morgan fingerprint density at radius 2 is 2.05 bits per heavy atom. The fourth-order valence-corrected chi connectivity index (χ4v) is 2.65. The SMILES string of the molecule is [N-]=[N+]=Nc1ncc(Cc2ccc(Cl)nc2)c(N2CCCC2)n1. The highest BCUT2D eigenvalue weighted by Crippen LogP contribution is 2.26. The number of azide groups is 1. The van der Waals surface area contributed by atoms with Crippen molar-refractivity contribution in [3.05, 3.63) is 51.2 Å². The molecule has 1 aliphatic heterocycles. The zero-order chi connectivity index (χ0) is 15.4. The Kier molecular flexibility index (Phi) is 4.37. The second kappa shape index (κ2) is 6.60. The second-order valence-electron chi connectivity index (χ2n) is 5.07. The fourth-order valence-electron chi connectivity index (χ4n) is 2.54. The smallest absolute Gasteiger partial charge is 0.218 e. The van der Waals surface area contributed by atoms with Crippen LogP contribution in [-0.4, -0.2) is 28.0 Å². The summed E-state index contributed by atoms with van der Waals surface area (Å²) in [5.41, 5.74) is 10.6. The minimum atomic E-state index is 0.155. The predicted molar refractivity (Wildman–Crippen MR) is 84.3 cm³/mol. The van der Waals surface area contributed by atoms with Crippen molar-refractivity contribution in [3.63, 3.8) is 0 Å². The normalized spacial score (nSPS) is 14.0. The first kappa shape index (κ1) is 14.6. The lowest BCUT2D eigenvalue weighted by Crippen LogP contribution is -2.21. The van der Waals surface area contributed by atoms with Gasteiger partial charge in [-0.3, -0.25) is 0 Å². The molecule has 0 atom stereocenters. The molecule has 7 nitrogen and oxygen atoms in total. The zero-order valence-electron chi connectivity index (χ0n) is 11.9. The quantitative estimate of drug-likeness (QED) is 0.372. The van der Waals surface area contributed by atoms with Crippen LogP contribution in [0.3, 0.4) is 0 Å². The summed E-state index contributed by atoms with van der Waals surface area (Å²) in [6, 6.07) is 3.70. The second-order valence-corrected chi connectivity index (χ2v) is 5.46. The number of nitrogens with zero attached hydrogens (tertiary/aromatic N) is 7. The molecule has 0 radical (unpaired) electrons. The lowest BCUT2D eigenvalue weighted by molar-refractivity contribution is 0.902. The minimum absolute atomic E-state index is 0.155. The van der Waals surface area contributed by atoms with Crippen molar-refractivity contribution in [1.29, 1.82) is 0 Å². The lowest BCUT2D eigenvalue weighted by Gasteiger charge is -2.20. The van der Waals surface area contributed by atoms with Crippen LogP contribution in [0.25, 0.3) is 10.4 Å². The Labute approximate surface area is 132 Å². The molecule has 0 amide bonds. The molecule has 0 unspecified atom stereocenters. The van der Waals surface area contributed by atoms with Gasteiger partial charge in [0, 0.05) is 42.4 Å². The largest absolute Gasteiger partial charge is 0.356 e. The van der Waals surface area contributed by atoms with Crippen molar-refractivity contribution in [3.8, 4) is 0 Å². The molecule has 1 aliphatic rings. The molecule has 112 valence electrons. The molecule has 2 aromatic heterocycles. The first-order chi connectivity index (χ1) is 10.8. The van der Waals surface area contributed by atoms with Gasteiger partial charge in [-0.2, -0.15) is 0 Å². The van der Waals surface area contributed by atoms with Gasteiger partial charge in [-0.05, 0) is 35.1 Å². The molecule has 0 N–H and O–H groups in total. The summed E-state index contributed by atoms with van der Waals surface area (Å²) < 4.78 is 0. The molecule has 0 spiro atoms. The van der Waals surface area contributed by atoms with Crippen molar-refractivity contribution >= 4 is 23.4 Å². The van der Waals surface area contributed by atoms with Gasteiger partial charge in [0.1, 0.15) is 11.0 Å². The summed E-state index contributed by atoms with van der Waals surface area (Å²) in [5.74, 6) is 0.993. The van der Waals surface area contributed by atoms with Gasteiger partial charge >= 0.3 is 0 Å². The van der Waals surface area contributed by atoms with Crippen LogP contribution in [0.15, 0.2) is 29.6 Å². The van der Waals surface area contributed by atoms with Gasteiger partial charge in [0.2, 0.25) is 5.95 Å². The molecule has 1 saturated heterocycles. The van der Waals surface area contributed by atoms with Crippen LogP contribution in [-0.2, 0) is 6.42 Å². The third kappa shape index (κ3) is 3.27. The maximum atomic E-state index is 8.55. The standard InChI is InChI=1S/C14H14ClN7/c15-12-4-3-10(8-17-12)7-11-9-18-14(20-21-16)19-13(11)22-5-1-2-6-22/h3-4,8-9H,1-2,5-7H2. The van der Waals surface area contributed by atoms with Gasteiger partial charge < -0.3 is 4.90 Å². The number of hydrogen-bond acceptors (Lipinski definition) is 5. The number of rotatable bonds is 4. The van der Waals surface area contributed by atoms with Crippen molar-refractivity contribution < 1.29 is 0 Å². The number of hydrogen-bond donors (Lipinski definition) is 0. The average Bonchev–Trinajstić information content (AvgIpc) is 3.05. The average molecular weight is 316 g/mol. The van der Waals surface area contributed by atoms with E-state index < -0.39 is 0 Å². The molecule has 1 fully saturated rings. The molecular weight excluding hydrogens is 302 g/mol.